The van der Waals surface area contributed by atoms with Crippen LogP contribution in [0.4, 0.5) is 10.5 Å². The zero-order valence-corrected chi connectivity index (χ0v) is 12.1. The van der Waals surface area contributed by atoms with Crippen molar-refractivity contribution in [3.63, 3.8) is 0 Å². The first-order valence-electron chi connectivity index (χ1n) is 6.77. The molecule has 1 N–H and O–H groups in total. The summed E-state index contributed by atoms with van der Waals surface area (Å²) in [6.45, 7) is 5.35. The first kappa shape index (κ1) is 14.4. The van der Waals surface area contributed by atoms with E-state index in [4.69, 9.17) is 4.74 Å². The highest BCUT2D eigenvalue weighted by molar-refractivity contribution is 5.96. The summed E-state index contributed by atoms with van der Waals surface area (Å²) in [4.78, 5) is 24.0. The van der Waals surface area contributed by atoms with Gasteiger partial charge in [-0.3, -0.25) is 4.79 Å². The fraction of sp³-hybridized carbons (Fsp3) is 0.467. The molecule has 5 heteroatoms. The van der Waals surface area contributed by atoms with E-state index < -0.39 is 11.7 Å². The highest BCUT2D eigenvalue weighted by Gasteiger charge is 2.25. The molecule has 1 aliphatic heterocycles. The maximum atomic E-state index is 12.1. The molecule has 2 rings (SSSR count). The molecule has 2 amide bonds. The Bertz CT molecular complexity index is 520. The van der Waals surface area contributed by atoms with Gasteiger partial charge in [0.25, 0.3) is 0 Å². The molecule has 0 aromatic heterocycles. The van der Waals surface area contributed by atoms with Gasteiger partial charge >= 0.3 is 6.09 Å². The molecule has 1 aliphatic rings. The van der Waals surface area contributed by atoms with Crippen molar-refractivity contribution in [3.8, 4) is 0 Å². The van der Waals surface area contributed by atoms with Crippen LogP contribution in [0, 0.1) is 0 Å². The van der Waals surface area contributed by atoms with Crippen LogP contribution in [-0.2, 0) is 16.0 Å². The maximum absolute atomic E-state index is 12.1. The smallest absolute Gasteiger partial charge is 0.427 e. The number of nitrogens with one attached hydrogen (secondary N) is 1. The molecule has 0 unspecified atom stereocenters. The summed E-state index contributed by atoms with van der Waals surface area (Å²) in [5, 5.41) is 1.30. The third-order valence-corrected chi connectivity index (χ3v) is 2.92. The topological polar surface area (TPSA) is 58.6 Å². The Balaban J connectivity index is 2.21. The van der Waals surface area contributed by atoms with E-state index in [-0.39, 0.29) is 5.91 Å². The van der Waals surface area contributed by atoms with Crippen molar-refractivity contribution >= 4 is 17.7 Å². The van der Waals surface area contributed by atoms with Crippen molar-refractivity contribution in [3.05, 3.63) is 29.8 Å². The lowest BCUT2D eigenvalue weighted by Crippen LogP contribution is -2.48. The summed E-state index contributed by atoms with van der Waals surface area (Å²) >= 11 is 0. The van der Waals surface area contributed by atoms with E-state index in [1.807, 2.05) is 24.3 Å². The van der Waals surface area contributed by atoms with Gasteiger partial charge < -0.3 is 4.74 Å². The van der Waals surface area contributed by atoms with Crippen molar-refractivity contribution in [1.82, 2.24) is 5.43 Å². The number of carbonyl (C=O) groups excluding carboxylic acids is 2. The Morgan fingerprint density at radius 3 is 2.65 bits per heavy atom. The lowest BCUT2D eigenvalue weighted by Gasteiger charge is -2.26. The highest BCUT2D eigenvalue weighted by atomic mass is 16.6. The number of carbonyl (C=O) groups is 2. The van der Waals surface area contributed by atoms with E-state index in [1.54, 1.807) is 20.8 Å². The van der Waals surface area contributed by atoms with Gasteiger partial charge in [-0.15, -0.1) is 0 Å². The van der Waals surface area contributed by atoms with Crippen LogP contribution in [0.1, 0.15) is 39.2 Å². The van der Waals surface area contributed by atoms with Crippen LogP contribution in [0.3, 0.4) is 0 Å². The fourth-order valence-corrected chi connectivity index (χ4v) is 2.13. The van der Waals surface area contributed by atoms with E-state index >= 15 is 0 Å². The molecule has 5 nitrogen and oxygen atoms in total. The summed E-state index contributed by atoms with van der Waals surface area (Å²) < 4.78 is 5.20. The number of rotatable bonds is 1. The molecule has 1 aromatic rings. The lowest BCUT2D eigenvalue weighted by molar-refractivity contribution is -0.119. The van der Waals surface area contributed by atoms with E-state index in [0.717, 1.165) is 24.1 Å². The van der Waals surface area contributed by atoms with Crippen molar-refractivity contribution in [2.24, 2.45) is 0 Å². The third kappa shape index (κ3) is 3.50. The molecular weight excluding hydrogens is 256 g/mol. The van der Waals surface area contributed by atoms with Gasteiger partial charge in [-0.1, -0.05) is 18.2 Å². The normalized spacial score (nSPS) is 15.3. The van der Waals surface area contributed by atoms with Gasteiger partial charge in [0, 0.05) is 6.42 Å². The van der Waals surface area contributed by atoms with Crippen LogP contribution < -0.4 is 10.4 Å². The highest BCUT2D eigenvalue weighted by Crippen LogP contribution is 2.25. The molecule has 1 heterocycles. The first-order chi connectivity index (χ1) is 9.37. The Labute approximate surface area is 118 Å². The molecule has 108 valence electrons. The van der Waals surface area contributed by atoms with Gasteiger partial charge in [-0.05, 0) is 45.2 Å². The average Bonchev–Trinajstić information content (AvgIpc) is 2.48. The average molecular weight is 276 g/mol. The minimum Gasteiger partial charge on any atom is -0.443 e. The lowest BCUT2D eigenvalue weighted by atomic mass is 10.1. The summed E-state index contributed by atoms with van der Waals surface area (Å²) in [5.41, 5.74) is 3.72. The molecule has 0 atom stereocenters. The maximum Gasteiger partial charge on any atom is 0.427 e. The molecule has 0 radical (unpaired) electrons. The zero-order valence-electron chi connectivity index (χ0n) is 12.1. The number of hydrazine groups is 1. The number of amides is 2. The molecular formula is C15H20N2O3. The van der Waals surface area contributed by atoms with E-state index in [2.05, 4.69) is 5.43 Å². The van der Waals surface area contributed by atoms with Crippen LogP contribution in [0.15, 0.2) is 24.3 Å². The van der Waals surface area contributed by atoms with Crippen LogP contribution in [-0.4, -0.2) is 17.6 Å². The number of ether oxygens (including phenoxy) is 1. The summed E-state index contributed by atoms with van der Waals surface area (Å²) in [7, 11) is 0. The second-order valence-corrected chi connectivity index (χ2v) is 5.83. The SMILES string of the molecule is CC(C)(C)OC(=O)NN1C(=O)CCCc2ccccc21. The number of nitrogens with zero attached hydrogens (tertiary/aromatic N) is 1. The number of hydrogen-bond acceptors (Lipinski definition) is 3. The largest absolute Gasteiger partial charge is 0.443 e. The molecule has 0 fully saturated rings. The minimum atomic E-state index is -0.623. The Morgan fingerprint density at radius 1 is 1.25 bits per heavy atom. The first-order valence-corrected chi connectivity index (χ1v) is 6.77. The second-order valence-electron chi connectivity index (χ2n) is 5.83. The van der Waals surface area contributed by atoms with Gasteiger partial charge in [0.2, 0.25) is 5.91 Å². The molecule has 0 saturated carbocycles. The van der Waals surface area contributed by atoms with Crippen molar-refractivity contribution in [1.29, 1.82) is 0 Å². The van der Waals surface area contributed by atoms with Gasteiger partial charge in [0.05, 0.1) is 5.69 Å². The van der Waals surface area contributed by atoms with Gasteiger partial charge in [0.15, 0.2) is 0 Å². The zero-order chi connectivity index (χ0) is 14.8. The summed E-state index contributed by atoms with van der Waals surface area (Å²) in [6, 6.07) is 7.58. The van der Waals surface area contributed by atoms with E-state index in [9.17, 15) is 9.59 Å². The molecule has 0 bridgehead atoms. The Hall–Kier alpha value is -2.04. The number of aryl methyl sites for hydroxylation is 1. The van der Waals surface area contributed by atoms with E-state index in [0.29, 0.717) is 6.42 Å². The minimum absolute atomic E-state index is 0.124. The number of anilines is 1. The summed E-state index contributed by atoms with van der Waals surface area (Å²) in [5.74, 6) is -0.124. The Kier molecular flexibility index (Phi) is 3.97. The van der Waals surface area contributed by atoms with Crippen molar-refractivity contribution in [2.75, 3.05) is 5.01 Å². The van der Waals surface area contributed by atoms with Crippen LogP contribution in [0.2, 0.25) is 0 Å². The molecule has 1 aromatic carbocycles. The van der Waals surface area contributed by atoms with Crippen LogP contribution in [0.25, 0.3) is 0 Å². The Morgan fingerprint density at radius 2 is 1.95 bits per heavy atom. The predicted octanol–water partition coefficient (Wildman–Crippen LogP) is 2.80. The molecule has 0 saturated heterocycles. The molecule has 0 aliphatic carbocycles. The van der Waals surface area contributed by atoms with Gasteiger partial charge in [0.1, 0.15) is 5.60 Å². The predicted molar refractivity (Wildman–Crippen MR) is 76.2 cm³/mol. The summed E-state index contributed by atoms with van der Waals surface area (Å²) in [6.07, 6.45) is 1.39. The van der Waals surface area contributed by atoms with Crippen LogP contribution >= 0.6 is 0 Å². The van der Waals surface area contributed by atoms with Gasteiger partial charge in [-0.25, -0.2) is 15.2 Å². The van der Waals surface area contributed by atoms with Crippen molar-refractivity contribution < 1.29 is 14.3 Å². The number of para-hydroxylation sites is 1. The van der Waals surface area contributed by atoms with Crippen molar-refractivity contribution in [2.45, 2.75) is 45.6 Å². The number of fused-ring (bicyclic) bond motifs is 1. The van der Waals surface area contributed by atoms with E-state index in [1.165, 1.54) is 5.01 Å². The second kappa shape index (κ2) is 5.53. The number of hydrogen-bond donors (Lipinski definition) is 1. The monoisotopic (exact) mass is 276 g/mol. The third-order valence-electron chi connectivity index (χ3n) is 2.92. The fourth-order valence-electron chi connectivity index (χ4n) is 2.13. The number of benzene rings is 1. The molecule has 0 spiro atoms. The standard InChI is InChI=1S/C15H20N2O3/c1-15(2,3)20-14(19)16-17-12-9-5-4-7-11(12)8-6-10-13(17)18/h4-5,7,9H,6,8,10H2,1-3H3,(H,16,19). The quantitative estimate of drug-likeness (QED) is 0.858. The molecule has 20 heavy (non-hydrogen) atoms. The van der Waals surface area contributed by atoms with Crippen LogP contribution in [0.5, 0.6) is 0 Å². The van der Waals surface area contributed by atoms with Gasteiger partial charge in [-0.2, -0.15) is 0 Å².